The number of carbonyl (C=O) groups is 1. The summed E-state index contributed by atoms with van der Waals surface area (Å²) in [4.78, 5) is 27.0. The molecule has 3 nitrogen and oxygen atoms in total. The van der Waals surface area contributed by atoms with Crippen LogP contribution in [0.15, 0.2) is 53.3 Å². The van der Waals surface area contributed by atoms with Crippen molar-refractivity contribution < 1.29 is 4.79 Å². The maximum atomic E-state index is 12.5. The van der Waals surface area contributed by atoms with E-state index in [0.717, 1.165) is 16.5 Å². The van der Waals surface area contributed by atoms with Crippen LogP contribution >= 0.6 is 0 Å². The number of nitrogens with one attached hydrogen (secondary N) is 1. The number of H-pyrrole nitrogens is 1. The van der Waals surface area contributed by atoms with Gasteiger partial charge in [-0.15, -0.1) is 0 Å². The molecule has 0 atom stereocenters. The van der Waals surface area contributed by atoms with Gasteiger partial charge in [0.1, 0.15) is 0 Å². The Morgan fingerprint density at radius 2 is 1.47 bits per heavy atom. The lowest BCUT2D eigenvalue weighted by Crippen LogP contribution is -2.14. The first-order valence-electron chi connectivity index (χ1n) is 6.06. The van der Waals surface area contributed by atoms with E-state index in [1.165, 1.54) is 0 Å². The van der Waals surface area contributed by atoms with Crippen LogP contribution in [0.5, 0.6) is 0 Å². The monoisotopic (exact) mass is 247 g/mol. The van der Waals surface area contributed by atoms with Crippen molar-refractivity contribution in [2.75, 3.05) is 0 Å². The van der Waals surface area contributed by atoms with Gasteiger partial charge in [-0.1, -0.05) is 36.4 Å². The molecule has 0 saturated carbocycles. The summed E-state index contributed by atoms with van der Waals surface area (Å²) in [7, 11) is 0. The molecule has 4 rings (SSSR count). The Kier molecular flexibility index (Phi) is 1.85. The molecule has 0 spiro atoms. The van der Waals surface area contributed by atoms with Gasteiger partial charge in [0.05, 0.1) is 0 Å². The zero-order valence-corrected chi connectivity index (χ0v) is 9.94. The van der Waals surface area contributed by atoms with Gasteiger partial charge in [0.2, 0.25) is 5.56 Å². The van der Waals surface area contributed by atoms with E-state index in [1.807, 2.05) is 30.3 Å². The summed E-state index contributed by atoms with van der Waals surface area (Å²) in [5.74, 6) is 0.0146. The van der Waals surface area contributed by atoms with Crippen LogP contribution in [0.3, 0.4) is 0 Å². The molecule has 90 valence electrons. The minimum atomic E-state index is -0.149. The van der Waals surface area contributed by atoms with Crippen LogP contribution in [0, 0.1) is 0 Å². The van der Waals surface area contributed by atoms with Crippen LogP contribution in [-0.4, -0.2) is 10.8 Å². The van der Waals surface area contributed by atoms with Crippen LogP contribution in [-0.2, 0) is 0 Å². The molecular formula is C16H9NO2. The van der Waals surface area contributed by atoms with Crippen molar-refractivity contribution >= 4 is 16.7 Å². The number of carbonyl (C=O) groups excluding carboxylic acids is 1. The van der Waals surface area contributed by atoms with Gasteiger partial charge >= 0.3 is 0 Å². The number of pyridine rings is 1. The molecule has 19 heavy (non-hydrogen) atoms. The van der Waals surface area contributed by atoms with Crippen molar-refractivity contribution in [3.8, 4) is 11.1 Å². The molecule has 2 aromatic carbocycles. The molecule has 3 aromatic rings. The molecular weight excluding hydrogens is 238 g/mol. The van der Waals surface area contributed by atoms with Crippen molar-refractivity contribution in [3.05, 3.63) is 70.0 Å². The molecule has 0 radical (unpaired) electrons. The predicted molar refractivity (Wildman–Crippen MR) is 73.4 cm³/mol. The van der Waals surface area contributed by atoms with Crippen molar-refractivity contribution in [1.29, 1.82) is 0 Å². The fraction of sp³-hybridized carbons (Fsp3) is 0. The number of rotatable bonds is 0. The third kappa shape index (κ3) is 1.27. The second kappa shape index (κ2) is 3.42. The molecule has 0 fully saturated rings. The van der Waals surface area contributed by atoms with Crippen LogP contribution in [0.25, 0.3) is 22.0 Å². The Hall–Kier alpha value is -2.68. The van der Waals surface area contributed by atoms with Gasteiger partial charge < -0.3 is 4.98 Å². The molecule has 1 N–H and O–H groups in total. The first kappa shape index (κ1) is 10.3. The summed E-state index contributed by atoms with van der Waals surface area (Å²) in [6.45, 7) is 0. The number of hydrogen-bond acceptors (Lipinski definition) is 2. The second-order valence-corrected chi connectivity index (χ2v) is 4.65. The quantitative estimate of drug-likeness (QED) is 0.519. The Morgan fingerprint density at radius 3 is 2.32 bits per heavy atom. The third-order valence-electron chi connectivity index (χ3n) is 3.57. The van der Waals surface area contributed by atoms with E-state index in [-0.39, 0.29) is 11.3 Å². The lowest BCUT2D eigenvalue weighted by Gasteiger charge is -2.18. The molecule has 1 heterocycles. The average Bonchev–Trinajstić information content (AvgIpc) is 2.44. The van der Waals surface area contributed by atoms with Crippen molar-refractivity contribution in [2.24, 2.45) is 0 Å². The molecule has 0 amide bonds. The minimum Gasteiger partial charge on any atom is -0.322 e. The molecule has 1 aromatic heterocycles. The molecule has 0 saturated heterocycles. The molecule has 1 aliphatic carbocycles. The zero-order chi connectivity index (χ0) is 13.0. The highest BCUT2D eigenvalue weighted by atomic mass is 16.1. The van der Waals surface area contributed by atoms with Gasteiger partial charge in [0, 0.05) is 28.1 Å². The van der Waals surface area contributed by atoms with Crippen LogP contribution < -0.4 is 5.56 Å². The van der Waals surface area contributed by atoms with E-state index in [0.29, 0.717) is 16.6 Å². The number of hydrogen-bond donors (Lipinski definition) is 1. The summed E-state index contributed by atoms with van der Waals surface area (Å²) in [6.07, 6.45) is 0. The number of fused-ring (bicyclic) bond motifs is 2. The maximum absolute atomic E-state index is 12.5. The normalized spacial score (nSPS) is 12.5. The average molecular weight is 247 g/mol. The standard InChI is InChI=1S/C16H9NO2/c18-14-8-12-9-4-1-2-5-10(9)16(19)11-6-3-7-13(17-14)15(11)12/h1-8H,(H,17,18). The van der Waals surface area contributed by atoms with Gasteiger partial charge in [-0.2, -0.15) is 0 Å². The summed E-state index contributed by atoms with van der Waals surface area (Å²) in [5.41, 5.74) is 3.55. The van der Waals surface area contributed by atoms with Crippen LogP contribution in [0.4, 0.5) is 0 Å². The van der Waals surface area contributed by atoms with E-state index >= 15 is 0 Å². The topological polar surface area (TPSA) is 49.9 Å². The van der Waals surface area contributed by atoms with Gasteiger partial charge in [-0.05, 0) is 17.2 Å². The Balaban J connectivity index is 2.31. The summed E-state index contributed by atoms with van der Waals surface area (Å²) < 4.78 is 0. The minimum absolute atomic E-state index is 0.0146. The van der Waals surface area contributed by atoms with Gasteiger partial charge in [-0.3, -0.25) is 9.59 Å². The van der Waals surface area contributed by atoms with Crippen molar-refractivity contribution in [3.63, 3.8) is 0 Å². The van der Waals surface area contributed by atoms with E-state index in [2.05, 4.69) is 4.98 Å². The summed E-state index contributed by atoms with van der Waals surface area (Å²) in [5, 5.41) is 0.839. The van der Waals surface area contributed by atoms with Crippen molar-refractivity contribution in [1.82, 2.24) is 4.98 Å². The van der Waals surface area contributed by atoms with Gasteiger partial charge in [0.25, 0.3) is 0 Å². The zero-order valence-electron chi connectivity index (χ0n) is 9.94. The van der Waals surface area contributed by atoms with E-state index < -0.39 is 0 Å². The van der Waals surface area contributed by atoms with E-state index in [9.17, 15) is 9.59 Å². The lowest BCUT2D eigenvalue weighted by molar-refractivity contribution is 0.104. The molecule has 0 bridgehead atoms. The highest BCUT2D eigenvalue weighted by Gasteiger charge is 2.24. The number of aromatic nitrogens is 1. The van der Waals surface area contributed by atoms with E-state index in [4.69, 9.17) is 0 Å². The Labute approximate surface area is 108 Å². The molecule has 3 heteroatoms. The Bertz CT molecular complexity index is 906. The van der Waals surface area contributed by atoms with Gasteiger partial charge in [0.15, 0.2) is 5.78 Å². The first-order valence-corrected chi connectivity index (χ1v) is 6.06. The number of ketones is 1. The van der Waals surface area contributed by atoms with Crippen LogP contribution in [0.1, 0.15) is 15.9 Å². The maximum Gasteiger partial charge on any atom is 0.249 e. The first-order chi connectivity index (χ1) is 9.25. The molecule has 0 aliphatic heterocycles. The largest absolute Gasteiger partial charge is 0.322 e. The second-order valence-electron chi connectivity index (χ2n) is 4.65. The highest BCUT2D eigenvalue weighted by molar-refractivity contribution is 6.25. The van der Waals surface area contributed by atoms with Crippen molar-refractivity contribution in [2.45, 2.75) is 0 Å². The number of benzene rings is 2. The fourth-order valence-electron chi connectivity index (χ4n) is 2.78. The highest BCUT2D eigenvalue weighted by Crippen LogP contribution is 2.37. The van der Waals surface area contributed by atoms with Gasteiger partial charge in [-0.25, -0.2) is 0 Å². The summed E-state index contributed by atoms with van der Waals surface area (Å²) in [6, 6.07) is 14.4. The van der Waals surface area contributed by atoms with Crippen LogP contribution in [0.2, 0.25) is 0 Å². The molecule has 1 aliphatic rings. The lowest BCUT2D eigenvalue weighted by atomic mass is 9.84. The Morgan fingerprint density at radius 1 is 0.737 bits per heavy atom. The predicted octanol–water partition coefficient (Wildman–Crippen LogP) is 2.74. The smallest absolute Gasteiger partial charge is 0.249 e. The fourth-order valence-corrected chi connectivity index (χ4v) is 2.78. The SMILES string of the molecule is O=C1c2ccccc2-c2cc(=O)[nH]c3cccc1c23. The third-order valence-corrected chi connectivity index (χ3v) is 3.57. The number of aromatic amines is 1. The molecule has 0 unspecified atom stereocenters. The van der Waals surface area contributed by atoms with E-state index in [1.54, 1.807) is 18.2 Å². The summed E-state index contributed by atoms with van der Waals surface area (Å²) >= 11 is 0.